The lowest BCUT2D eigenvalue weighted by Gasteiger charge is -2.22. The van der Waals surface area contributed by atoms with Crippen LogP contribution in [0.1, 0.15) is 30.5 Å². The van der Waals surface area contributed by atoms with E-state index in [-0.39, 0.29) is 5.91 Å². The van der Waals surface area contributed by atoms with Crippen molar-refractivity contribution >= 4 is 5.91 Å². The van der Waals surface area contributed by atoms with Crippen molar-refractivity contribution in [1.82, 2.24) is 4.90 Å². The maximum absolute atomic E-state index is 11.1. The highest BCUT2D eigenvalue weighted by atomic mass is 16.3. The van der Waals surface area contributed by atoms with Crippen molar-refractivity contribution in [2.75, 3.05) is 0 Å². The van der Waals surface area contributed by atoms with Crippen LogP contribution in [0.2, 0.25) is 0 Å². The highest BCUT2D eigenvalue weighted by Crippen LogP contribution is 2.38. The number of hydrogen-bond donors (Lipinski definition) is 2. The molecule has 2 atom stereocenters. The van der Waals surface area contributed by atoms with Crippen LogP contribution >= 0.6 is 0 Å². The smallest absolute Gasteiger partial charge is 0.224 e. The standard InChI is InChI=1S/C10H11NO3/c1-6(12)11-9(13)7-4-2-3-5-8(7)10(11)14/h2-5,9-10,13-14H,1H3/t9-,10+. The van der Waals surface area contributed by atoms with Crippen LogP contribution in [-0.4, -0.2) is 21.0 Å². The van der Waals surface area contributed by atoms with Gasteiger partial charge in [0.2, 0.25) is 5.91 Å². The Balaban J connectivity index is 2.48. The fourth-order valence-corrected chi connectivity index (χ4v) is 1.76. The van der Waals surface area contributed by atoms with E-state index >= 15 is 0 Å². The van der Waals surface area contributed by atoms with Gasteiger partial charge < -0.3 is 10.2 Å². The second-order valence-electron chi connectivity index (χ2n) is 3.30. The fraction of sp³-hybridized carbons (Fsp3) is 0.300. The molecule has 1 aromatic carbocycles. The Hall–Kier alpha value is -1.39. The molecule has 1 aliphatic rings. The number of fused-ring (bicyclic) bond motifs is 1. The molecule has 2 N–H and O–H groups in total. The summed E-state index contributed by atoms with van der Waals surface area (Å²) < 4.78 is 0. The number of rotatable bonds is 0. The van der Waals surface area contributed by atoms with Gasteiger partial charge in [0, 0.05) is 18.1 Å². The van der Waals surface area contributed by atoms with Gasteiger partial charge in [-0.25, -0.2) is 0 Å². The molecular weight excluding hydrogens is 182 g/mol. The molecule has 2 rings (SSSR count). The highest BCUT2D eigenvalue weighted by Gasteiger charge is 2.37. The van der Waals surface area contributed by atoms with Crippen LogP contribution in [0.25, 0.3) is 0 Å². The fourth-order valence-electron chi connectivity index (χ4n) is 1.76. The molecule has 1 heterocycles. The molecule has 4 nitrogen and oxygen atoms in total. The molecule has 14 heavy (non-hydrogen) atoms. The lowest BCUT2D eigenvalue weighted by molar-refractivity contribution is -0.154. The number of aliphatic hydroxyl groups excluding tert-OH is 2. The van der Waals surface area contributed by atoms with Crippen LogP contribution in [0.15, 0.2) is 24.3 Å². The minimum absolute atomic E-state index is 0.346. The van der Waals surface area contributed by atoms with Crippen LogP contribution in [0.5, 0.6) is 0 Å². The number of carbonyl (C=O) groups is 1. The van der Waals surface area contributed by atoms with Crippen molar-refractivity contribution in [2.45, 2.75) is 19.4 Å². The second-order valence-corrected chi connectivity index (χ2v) is 3.30. The number of hydrogen-bond acceptors (Lipinski definition) is 3. The number of carbonyl (C=O) groups excluding carboxylic acids is 1. The number of aliphatic hydroxyl groups is 2. The summed E-state index contributed by atoms with van der Waals surface area (Å²) in [5.41, 5.74) is 1.19. The zero-order valence-corrected chi connectivity index (χ0v) is 7.71. The predicted octanol–water partition coefficient (Wildman–Crippen LogP) is 0.531. The number of nitrogens with zero attached hydrogens (tertiary/aromatic N) is 1. The third kappa shape index (κ3) is 1.12. The van der Waals surface area contributed by atoms with E-state index in [9.17, 15) is 15.0 Å². The third-order valence-corrected chi connectivity index (χ3v) is 2.44. The summed E-state index contributed by atoms with van der Waals surface area (Å²) in [4.78, 5) is 12.2. The summed E-state index contributed by atoms with van der Waals surface area (Å²) in [6, 6.07) is 6.93. The largest absolute Gasteiger partial charge is 0.369 e. The van der Waals surface area contributed by atoms with E-state index in [2.05, 4.69) is 0 Å². The first kappa shape index (κ1) is 9.18. The molecule has 1 aliphatic heterocycles. The molecule has 0 unspecified atom stereocenters. The first-order valence-electron chi connectivity index (χ1n) is 4.37. The Morgan fingerprint density at radius 3 is 2.00 bits per heavy atom. The molecule has 4 heteroatoms. The Morgan fingerprint density at radius 2 is 1.64 bits per heavy atom. The van der Waals surface area contributed by atoms with Crippen molar-refractivity contribution in [3.05, 3.63) is 35.4 Å². The van der Waals surface area contributed by atoms with Gasteiger partial charge in [-0.1, -0.05) is 24.3 Å². The first-order chi connectivity index (χ1) is 6.63. The summed E-state index contributed by atoms with van der Waals surface area (Å²) in [5, 5.41) is 19.5. The minimum atomic E-state index is -1.03. The molecule has 0 radical (unpaired) electrons. The van der Waals surface area contributed by atoms with E-state index in [0.717, 1.165) is 4.90 Å². The minimum Gasteiger partial charge on any atom is -0.369 e. The third-order valence-electron chi connectivity index (χ3n) is 2.44. The molecule has 0 bridgehead atoms. The van der Waals surface area contributed by atoms with Crippen LogP contribution in [0.3, 0.4) is 0 Å². The van der Waals surface area contributed by atoms with Gasteiger partial charge in [-0.3, -0.25) is 9.69 Å². The molecule has 0 fully saturated rings. The maximum atomic E-state index is 11.1. The van der Waals surface area contributed by atoms with Crippen molar-refractivity contribution in [3.63, 3.8) is 0 Å². The van der Waals surface area contributed by atoms with E-state index < -0.39 is 12.5 Å². The van der Waals surface area contributed by atoms with Crippen LogP contribution < -0.4 is 0 Å². The molecule has 0 saturated carbocycles. The Kier molecular flexibility index (Phi) is 2.02. The molecule has 1 amide bonds. The Labute approximate surface area is 81.4 Å². The highest BCUT2D eigenvalue weighted by molar-refractivity contribution is 5.75. The maximum Gasteiger partial charge on any atom is 0.224 e. The Bertz CT molecular complexity index is 348. The summed E-state index contributed by atoms with van der Waals surface area (Å²) in [6.07, 6.45) is -2.06. The molecular formula is C10H11NO3. The molecule has 0 spiro atoms. The van der Waals surface area contributed by atoms with E-state index in [1.54, 1.807) is 24.3 Å². The summed E-state index contributed by atoms with van der Waals surface area (Å²) in [6.45, 7) is 1.32. The van der Waals surface area contributed by atoms with Gasteiger partial charge in [0.1, 0.15) is 0 Å². The molecule has 1 aromatic rings. The van der Waals surface area contributed by atoms with Crippen molar-refractivity contribution < 1.29 is 15.0 Å². The van der Waals surface area contributed by atoms with E-state index in [1.165, 1.54) is 6.92 Å². The zero-order valence-electron chi connectivity index (χ0n) is 7.71. The van der Waals surface area contributed by atoms with Crippen LogP contribution in [-0.2, 0) is 4.79 Å². The van der Waals surface area contributed by atoms with Gasteiger partial charge in [0.05, 0.1) is 0 Å². The van der Waals surface area contributed by atoms with Gasteiger partial charge in [-0.05, 0) is 0 Å². The molecule has 0 aromatic heterocycles. The summed E-state index contributed by atoms with van der Waals surface area (Å²) in [7, 11) is 0. The van der Waals surface area contributed by atoms with Crippen LogP contribution in [0.4, 0.5) is 0 Å². The number of amides is 1. The van der Waals surface area contributed by atoms with Crippen molar-refractivity contribution in [2.24, 2.45) is 0 Å². The monoisotopic (exact) mass is 193 g/mol. The molecule has 0 saturated heterocycles. The summed E-state index contributed by atoms with van der Waals surface area (Å²) in [5.74, 6) is -0.346. The average molecular weight is 193 g/mol. The van der Waals surface area contributed by atoms with Gasteiger partial charge in [0.25, 0.3) is 0 Å². The molecule has 0 aliphatic carbocycles. The SMILES string of the molecule is CC(=O)N1[C@H](O)c2ccccc2[C@@H]1O. The van der Waals surface area contributed by atoms with Crippen molar-refractivity contribution in [1.29, 1.82) is 0 Å². The van der Waals surface area contributed by atoms with Gasteiger partial charge in [-0.15, -0.1) is 0 Å². The Morgan fingerprint density at radius 1 is 1.21 bits per heavy atom. The van der Waals surface area contributed by atoms with E-state index in [0.29, 0.717) is 11.1 Å². The topological polar surface area (TPSA) is 60.8 Å². The average Bonchev–Trinajstić information content (AvgIpc) is 2.41. The van der Waals surface area contributed by atoms with E-state index in [4.69, 9.17) is 0 Å². The summed E-state index contributed by atoms with van der Waals surface area (Å²) >= 11 is 0. The van der Waals surface area contributed by atoms with Crippen LogP contribution in [0, 0.1) is 0 Å². The zero-order chi connectivity index (χ0) is 10.3. The quantitative estimate of drug-likeness (QED) is 0.631. The predicted molar refractivity (Wildman–Crippen MR) is 48.9 cm³/mol. The second kappa shape index (κ2) is 3.08. The lowest BCUT2D eigenvalue weighted by atomic mass is 10.1. The number of benzene rings is 1. The van der Waals surface area contributed by atoms with Gasteiger partial charge in [-0.2, -0.15) is 0 Å². The van der Waals surface area contributed by atoms with Crippen molar-refractivity contribution in [3.8, 4) is 0 Å². The van der Waals surface area contributed by atoms with Gasteiger partial charge >= 0.3 is 0 Å². The first-order valence-corrected chi connectivity index (χ1v) is 4.37. The normalized spacial score (nSPS) is 24.9. The molecule has 74 valence electrons. The lowest BCUT2D eigenvalue weighted by Crippen LogP contribution is -2.30. The van der Waals surface area contributed by atoms with Gasteiger partial charge in [0.15, 0.2) is 12.5 Å². The van der Waals surface area contributed by atoms with E-state index in [1.807, 2.05) is 0 Å².